The fourth-order valence-electron chi connectivity index (χ4n) is 2.70. The summed E-state index contributed by atoms with van der Waals surface area (Å²) in [5.41, 5.74) is 1.06. The van der Waals surface area contributed by atoms with Gasteiger partial charge in [0, 0.05) is 28.8 Å². The van der Waals surface area contributed by atoms with Crippen LogP contribution in [0.25, 0.3) is 0 Å². The Hall–Kier alpha value is -3.66. The number of benzene rings is 2. The van der Waals surface area contributed by atoms with Crippen LogP contribution in [0.5, 0.6) is 11.5 Å². The number of non-ortho nitro benzene ring substituents is 1. The first kappa shape index (κ1) is 20.1. The molecule has 0 aromatic heterocycles. The maximum absolute atomic E-state index is 12.1. The van der Waals surface area contributed by atoms with Gasteiger partial charge in [-0.25, -0.2) is 0 Å². The molecule has 2 aromatic rings. The molecule has 0 saturated heterocycles. The van der Waals surface area contributed by atoms with E-state index in [1.54, 1.807) is 24.3 Å². The van der Waals surface area contributed by atoms with Crippen LogP contribution >= 0.6 is 0 Å². The molecule has 2 aromatic carbocycles. The Labute approximate surface area is 165 Å². The number of carbonyl (C=O) groups excluding carboxylic acids is 2. The van der Waals surface area contributed by atoms with Crippen LogP contribution in [0.3, 0.4) is 0 Å². The molecular formula is C19H18N2O8. The van der Waals surface area contributed by atoms with Crippen molar-refractivity contribution >= 4 is 17.6 Å². The van der Waals surface area contributed by atoms with Gasteiger partial charge in [-0.1, -0.05) is 0 Å². The van der Waals surface area contributed by atoms with E-state index >= 15 is 0 Å². The van der Waals surface area contributed by atoms with E-state index in [4.69, 9.17) is 18.9 Å². The molecule has 0 bridgehead atoms. The molecule has 0 radical (unpaired) electrons. The van der Waals surface area contributed by atoms with E-state index in [0.29, 0.717) is 28.2 Å². The molecule has 1 aliphatic rings. The summed E-state index contributed by atoms with van der Waals surface area (Å²) in [7, 11) is 1.52. The smallest absolute Gasteiger partial charge is 0.325 e. The summed E-state index contributed by atoms with van der Waals surface area (Å²) in [6.45, 7) is -0.424. The number of amides is 1. The molecule has 1 amide bonds. The lowest BCUT2D eigenvalue weighted by molar-refractivity contribution is -0.385. The molecule has 0 spiro atoms. The van der Waals surface area contributed by atoms with Crippen molar-refractivity contribution in [1.82, 2.24) is 5.32 Å². The summed E-state index contributed by atoms with van der Waals surface area (Å²) in [5.74, 6) is -0.136. The number of rotatable bonds is 7. The Kier molecular flexibility index (Phi) is 6.25. The lowest BCUT2D eigenvalue weighted by Gasteiger charge is -2.20. The van der Waals surface area contributed by atoms with Gasteiger partial charge in [0.1, 0.15) is 24.7 Å². The van der Waals surface area contributed by atoms with Crippen molar-refractivity contribution < 1.29 is 33.5 Å². The van der Waals surface area contributed by atoms with E-state index in [1.165, 1.54) is 19.2 Å². The first-order valence-electron chi connectivity index (χ1n) is 8.56. The number of methoxy groups -OCH3 is 1. The second kappa shape index (κ2) is 9.02. The predicted molar refractivity (Wildman–Crippen MR) is 98.5 cm³/mol. The number of ether oxygens (including phenoxy) is 4. The zero-order valence-corrected chi connectivity index (χ0v) is 15.5. The summed E-state index contributed by atoms with van der Waals surface area (Å²) < 4.78 is 20.7. The number of carbonyl (C=O) groups is 2. The van der Waals surface area contributed by atoms with Crippen LogP contribution in [0, 0.1) is 10.1 Å². The highest BCUT2D eigenvalue weighted by Gasteiger charge is 2.22. The number of fused-ring (bicyclic) bond motifs is 1. The van der Waals surface area contributed by atoms with Crippen molar-refractivity contribution in [2.45, 2.75) is 13.2 Å². The Morgan fingerprint density at radius 3 is 2.69 bits per heavy atom. The lowest BCUT2D eigenvalue weighted by atomic mass is 10.1. The number of hydrogen-bond acceptors (Lipinski definition) is 8. The molecule has 1 aliphatic heterocycles. The molecule has 0 fully saturated rings. The standard InChI is InChI=1S/C19H18N2O8/c1-26-16-4-2-12(3-5-16)19(23)20-8-17(22)28-10-14-7-15(21(24)25)6-13-9-27-11-29-18(13)14/h2-7H,8-11H2,1H3,(H,20,23). The molecular weight excluding hydrogens is 384 g/mol. The summed E-state index contributed by atoms with van der Waals surface area (Å²) in [6.07, 6.45) is 0. The van der Waals surface area contributed by atoms with Crippen LogP contribution in [0.4, 0.5) is 5.69 Å². The highest BCUT2D eigenvalue weighted by atomic mass is 16.7. The molecule has 0 unspecified atom stereocenters. The third kappa shape index (κ3) is 4.99. The highest BCUT2D eigenvalue weighted by molar-refractivity contribution is 5.96. The first-order chi connectivity index (χ1) is 14.0. The van der Waals surface area contributed by atoms with Gasteiger partial charge in [-0.15, -0.1) is 0 Å². The summed E-state index contributed by atoms with van der Waals surface area (Å²) >= 11 is 0. The largest absolute Gasteiger partial charge is 0.497 e. The average molecular weight is 402 g/mol. The topological polar surface area (TPSA) is 126 Å². The van der Waals surface area contributed by atoms with Crippen molar-refractivity contribution in [2.75, 3.05) is 20.4 Å². The minimum atomic E-state index is -0.695. The lowest BCUT2D eigenvalue weighted by Crippen LogP contribution is -2.30. The van der Waals surface area contributed by atoms with Crippen LogP contribution < -0.4 is 14.8 Å². The van der Waals surface area contributed by atoms with Crippen LogP contribution in [-0.2, 0) is 27.5 Å². The Balaban J connectivity index is 1.58. The fourth-order valence-corrected chi connectivity index (χ4v) is 2.70. The van der Waals surface area contributed by atoms with Gasteiger partial charge in [0.2, 0.25) is 0 Å². The fraction of sp³-hybridized carbons (Fsp3) is 0.263. The van der Waals surface area contributed by atoms with Crippen molar-refractivity contribution in [3.05, 3.63) is 63.2 Å². The number of nitro groups is 1. The van der Waals surface area contributed by atoms with Gasteiger partial charge < -0.3 is 24.3 Å². The maximum Gasteiger partial charge on any atom is 0.325 e. The molecule has 29 heavy (non-hydrogen) atoms. The van der Waals surface area contributed by atoms with E-state index in [-0.39, 0.29) is 32.2 Å². The zero-order valence-electron chi connectivity index (χ0n) is 15.5. The maximum atomic E-state index is 12.1. The van der Waals surface area contributed by atoms with Gasteiger partial charge >= 0.3 is 5.97 Å². The second-order valence-electron chi connectivity index (χ2n) is 6.03. The SMILES string of the molecule is COc1ccc(C(=O)NCC(=O)OCc2cc([N+](=O)[O-])cc3c2OCOC3)cc1. The highest BCUT2D eigenvalue weighted by Crippen LogP contribution is 2.33. The molecule has 1 heterocycles. The molecule has 10 nitrogen and oxygen atoms in total. The summed E-state index contributed by atoms with van der Waals surface area (Å²) in [6, 6.07) is 9.02. The Morgan fingerprint density at radius 2 is 2.00 bits per heavy atom. The summed E-state index contributed by atoms with van der Waals surface area (Å²) in [4.78, 5) is 34.6. The third-order valence-corrected chi connectivity index (χ3v) is 4.12. The molecule has 0 atom stereocenters. The molecule has 1 N–H and O–H groups in total. The van der Waals surface area contributed by atoms with Crippen LogP contribution in [0.1, 0.15) is 21.5 Å². The van der Waals surface area contributed by atoms with Crippen molar-refractivity contribution in [3.63, 3.8) is 0 Å². The van der Waals surface area contributed by atoms with E-state index < -0.39 is 16.8 Å². The summed E-state index contributed by atoms with van der Waals surface area (Å²) in [5, 5.41) is 13.5. The Morgan fingerprint density at radius 1 is 1.24 bits per heavy atom. The van der Waals surface area contributed by atoms with Gasteiger partial charge in [0.15, 0.2) is 6.79 Å². The number of nitro benzene ring substituents is 1. The molecule has 3 rings (SSSR count). The Bertz CT molecular complexity index is 927. The second-order valence-corrected chi connectivity index (χ2v) is 6.03. The van der Waals surface area contributed by atoms with E-state index in [2.05, 4.69) is 5.32 Å². The molecule has 0 aliphatic carbocycles. The van der Waals surface area contributed by atoms with Gasteiger partial charge in [-0.05, 0) is 24.3 Å². The van der Waals surface area contributed by atoms with Crippen LogP contribution in [-0.4, -0.2) is 37.2 Å². The van der Waals surface area contributed by atoms with Crippen molar-refractivity contribution in [2.24, 2.45) is 0 Å². The van der Waals surface area contributed by atoms with E-state index in [1.807, 2.05) is 0 Å². The quantitative estimate of drug-likeness (QED) is 0.423. The number of hydrogen-bond donors (Lipinski definition) is 1. The minimum absolute atomic E-state index is 0.00365. The predicted octanol–water partition coefficient (Wildman–Crippen LogP) is 1.94. The normalized spacial score (nSPS) is 12.3. The molecule has 0 saturated carbocycles. The van der Waals surface area contributed by atoms with Crippen LogP contribution in [0.15, 0.2) is 36.4 Å². The van der Waals surface area contributed by atoms with E-state index in [9.17, 15) is 19.7 Å². The monoisotopic (exact) mass is 402 g/mol. The number of nitrogens with one attached hydrogen (secondary N) is 1. The minimum Gasteiger partial charge on any atom is -0.497 e. The van der Waals surface area contributed by atoms with Crippen LogP contribution in [0.2, 0.25) is 0 Å². The van der Waals surface area contributed by atoms with Gasteiger partial charge in [-0.3, -0.25) is 19.7 Å². The van der Waals surface area contributed by atoms with Crippen molar-refractivity contribution in [1.29, 1.82) is 0 Å². The van der Waals surface area contributed by atoms with Gasteiger partial charge in [-0.2, -0.15) is 0 Å². The van der Waals surface area contributed by atoms with Gasteiger partial charge in [0.25, 0.3) is 11.6 Å². The number of esters is 1. The molecule has 10 heteroatoms. The molecule has 152 valence electrons. The average Bonchev–Trinajstić information content (AvgIpc) is 2.75. The third-order valence-electron chi connectivity index (χ3n) is 4.12. The first-order valence-corrected chi connectivity index (χ1v) is 8.56. The zero-order chi connectivity index (χ0) is 20.8. The van der Waals surface area contributed by atoms with Gasteiger partial charge in [0.05, 0.1) is 18.6 Å². The van der Waals surface area contributed by atoms with E-state index in [0.717, 1.165) is 0 Å². The number of nitrogens with zero attached hydrogens (tertiary/aromatic N) is 1. The van der Waals surface area contributed by atoms with Crippen molar-refractivity contribution in [3.8, 4) is 11.5 Å².